The third-order valence-electron chi connectivity index (χ3n) is 1.86. The lowest BCUT2D eigenvalue weighted by atomic mass is 10.2. The number of hydrogen-bond acceptors (Lipinski definition) is 6. The Bertz CT molecular complexity index is 524. The van der Waals surface area contributed by atoms with E-state index in [0.29, 0.717) is 22.2 Å². The number of nitrogens with zero attached hydrogens (tertiary/aromatic N) is 3. The molecule has 0 radical (unpaired) electrons. The van der Waals surface area contributed by atoms with Crippen molar-refractivity contribution in [1.82, 2.24) is 14.3 Å². The third-order valence-corrected chi connectivity index (χ3v) is 2.58. The molecule has 3 N–H and O–H groups in total. The number of aromatic nitrogens is 3. The molecule has 0 saturated heterocycles. The molecular weight excluding hydrogens is 226 g/mol. The van der Waals surface area contributed by atoms with Crippen LogP contribution in [-0.2, 0) is 0 Å². The summed E-state index contributed by atoms with van der Waals surface area (Å²) in [5, 5.41) is 3.60. The number of nitrogens with two attached hydrogens (primary N) is 1. The van der Waals surface area contributed by atoms with Gasteiger partial charge in [0.15, 0.2) is 0 Å². The predicted octanol–water partition coefficient (Wildman–Crippen LogP) is 1.08. The first kappa shape index (κ1) is 10.5. The molecule has 0 aliphatic rings. The lowest BCUT2D eigenvalue weighted by molar-refractivity contribution is 0.100. The number of carbonyl (C=O) groups excluding carboxylic acids is 1. The number of hydrogen-bond donors (Lipinski definition) is 2. The van der Waals surface area contributed by atoms with Crippen molar-refractivity contribution < 1.29 is 4.79 Å². The van der Waals surface area contributed by atoms with Crippen LogP contribution in [0.5, 0.6) is 0 Å². The van der Waals surface area contributed by atoms with Crippen LogP contribution < -0.4 is 11.1 Å². The summed E-state index contributed by atoms with van der Waals surface area (Å²) < 4.78 is 4.02. The number of pyridine rings is 1. The Hall–Kier alpha value is -2.02. The normalized spacial score (nSPS) is 10.1. The molecule has 2 rings (SSSR count). The second-order valence-electron chi connectivity index (χ2n) is 3.06. The topological polar surface area (TPSA) is 93.8 Å². The Morgan fingerprint density at radius 3 is 3.00 bits per heavy atom. The van der Waals surface area contributed by atoms with Crippen molar-refractivity contribution in [3.63, 3.8) is 0 Å². The number of nitrogens with one attached hydrogen (secondary N) is 1. The van der Waals surface area contributed by atoms with Gasteiger partial charge in [0.25, 0.3) is 5.91 Å². The lowest BCUT2D eigenvalue weighted by Crippen LogP contribution is -2.13. The van der Waals surface area contributed by atoms with E-state index in [1.165, 1.54) is 17.7 Å². The first-order valence-electron chi connectivity index (χ1n) is 4.48. The number of primary amides is 1. The van der Waals surface area contributed by atoms with Gasteiger partial charge >= 0.3 is 0 Å². The van der Waals surface area contributed by atoms with Crippen molar-refractivity contribution in [2.45, 2.75) is 6.92 Å². The Morgan fingerprint density at radius 1 is 1.56 bits per heavy atom. The number of aryl methyl sites for hydroxylation is 1. The Kier molecular flexibility index (Phi) is 2.78. The van der Waals surface area contributed by atoms with Gasteiger partial charge in [0.05, 0.1) is 11.3 Å². The number of carbonyl (C=O) groups is 1. The average molecular weight is 235 g/mol. The van der Waals surface area contributed by atoms with Crippen LogP contribution in [0.4, 0.5) is 10.8 Å². The van der Waals surface area contributed by atoms with Gasteiger partial charge in [-0.05, 0) is 13.0 Å². The molecule has 82 valence electrons. The molecule has 2 aromatic rings. The van der Waals surface area contributed by atoms with E-state index in [9.17, 15) is 4.79 Å². The minimum atomic E-state index is -0.531. The Morgan fingerprint density at radius 2 is 2.38 bits per heavy atom. The molecule has 0 saturated carbocycles. The van der Waals surface area contributed by atoms with Gasteiger partial charge in [0.2, 0.25) is 5.13 Å². The van der Waals surface area contributed by atoms with Crippen molar-refractivity contribution in [3.05, 3.63) is 29.8 Å². The highest BCUT2D eigenvalue weighted by Gasteiger charge is 2.09. The summed E-state index contributed by atoms with van der Waals surface area (Å²) in [7, 11) is 0. The molecule has 0 atom stereocenters. The largest absolute Gasteiger partial charge is 0.365 e. The van der Waals surface area contributed by atoms with Crippen molar-refractivity contribution in [2.24, 2.45) is 5.73 Å². The SMILES string of the molecule is Cc1nsc(Nc2ccncc2C(N)=O)n1. The summed E-state index contributed by atoms with van der Waals surface area (Å²) in [6.07, 6.45) is 2.99. The van der Waals surface area contributed by atoms with E-state index in [0.717, 1.165) is 0 Å². The van der Waals surface area contributed by atoms with Crippen molar-refractivity contribution in [2.75, 3.05) is 5.32 Å². The molecular formula is C9H9N5OS. The summed E-state index contributed by atoms with van der Waals surface area (Å²) in [5.41, 5.74) is 6.13. The summed E-state index contributed by atoms with van der Waals surface area (Å²) in [4.78, 5) is 19.1. The van der Waals surface area contributed by atoms with Crippen LogP contribution in [0.3, 0.4) is 0 Å². The van der Waals surface area contributed by atoms with Gasteiger partial charge in [0, 0.05) is 23.9 Å². The van der Waals surface area contributed by atoms with E-state index in [2.05, 4.69) is 19.7 Å². The fraction of sp³-hybridized carbons (Fsp3) is 0.111. The molecule has 2 aromatic heterocycles. The molecule has 0 spiro atoms. The zero-order valence-corrected chi connectivity index (χ0v) is 9.28. The van der Waals surface area contributed by atoms with Gasteiger partial charge in [-0.25, -0.2) is 4.98 Å². The molecule has 0 aliphatic heterocycles. The molecule has 0 unspecified atom stereocenters. The van der Waals surface area contributed by atoms with Crippen LogP contribution in [0.25, 0.3) is 0 Å². The maximum atomic E-state index is 11.1. The maximum absolute atomic E-state index is 11.1. The number of anilines is 2. The minimum Gasteiger partial charge on any atom is -0.365 e. The average Bonchev–Trinajstić information content (AvgIpc) is 2.64. The summed E-state index contributed by atoms with van der Waals surface area (Å²) >= 11 is 1.22. The van der Waals surface area contributed by atoms with Gasteiger partial charge in [0.1, 0.15) is 5.82 Å². The van der Waals surface area contributed by atoms with Crippen molar-refractivity contribution in [1.29, 1.82) is 0 Å². The fourth-order valence-corrected chi connectivity index (χ4v) is 1.75. The molecule has 2 heterocycles. The standard InChI is InChI=1S/C9H9N5OS/c1-5-12-9(16-14-5)13-7-2-3-11-4-6(7)8(10)15/h2-4H,1H3,(H2,10,15)(H,11,12,13,14). The zero-order valence-electron chi connectivity index (χ0n) is 8.47. The molecule has 0 aromatic carbocycles. The Labute approximate surface area is 95.7 Å². The smallest absolute Gasteiger partial charge is 0.252 e. The lowest BCUT2D eigenvalue weighted by Gasteiger charge is -2.05. The van der Waals surface area contributed by atoms with Gasteiger partial charge in [-0.3, -0.25) is 9.78 Å². The first-order valence-corrected chi connectivity index (χ1v) is 5.25. The maximum Gasteiger partial charge on any atom is 0.252 e. The highest BCUT2D eigenvalue weighted by Crippen LogP contribution is 2.20. The van der Waals surface area contributed by atoms with Crippen LogP contribution in [-0.4, -0.2) is 20.2 Å². The number of amides is 1. The molecule has 0 bridgehead atoms. The van der Waals surface area contributed by atoms with Gasteiger partial charge in [-0.15, -0.1) is 0 Å². The zero-order chi connectivity index (χ0) is 11.5. The predicted molar refractivity (Wildman–Crippen MR) is 60.7 cm³/mol. The quantitative estimate of drug-likeness (QED) is 0.830. The molecule has 0 aliphatic carbocycles. The molecule has 16 heavy (non-hydrogen) atoms. The third kappa shape index (κ3) is 2.14. The van der Waals surface area contributed by atoms with E-state index in [-0.39, 0.29) is 0 Å². The van der Waals surface area contributed by atoms with E-state index in [1.807, 2.05) is 0 Å². The summed E-state index contributed by atoms with van der Waals surface area (Å²) in [6.45, 7) is 1.79. The van der Waals surface area contributed by atoms with Crippen molar-refractivity contribution in [3.8, 4) is 0 Å². The van der Waals surface area contributed by atoms with Crippen LogP contribution in [0, 0.1) is 6.92 Å². The summed E-state index contributed by atoms with van der Waals surface area (Å²) in [5.74, 6) is 0.152. The Balaban J connectivity index is 2.31. The van der Waals surface area contributed by atoms with Crippen molar-refractivity contribution >= 4 is 28.3 Å². The minimum absolute atomic E-state index is 0.329. The molecule has 1 amide bonds. The summed E-state index contributed by atoms with van der Waals surface area (Å²) in [6, 6.07) is 1.66. The van der Waals surface area contributed by atoms with E-state index >= 15 is 0 Å². The van der Waals surface area contributed by atoms with Crippen LogP contribution in [0.2, 0.25) is 0 Å². The fourth-order valence-electron chi connectivity index (χ4n) is 1.16. The second kappa shape index (κ2) is 4.23. The van der Waals surface area contributed by atoms with E-state index < -0.39 is 5.91 Å². The second-order valence-corrected chi connectivity index (χ2v) is 3.81. The van der Waals surface area contributed by atoms with Crippen LogP contribution in [0.1, 0.15) is 16.2 Å². The highest BCUT2D eigenvalue weighted by molar-refractivity contribution is 7.09. The first-order chi connectivity index (χ1) is 7.66. The monoisotopic (exact) mass is 235 g/mol. The highest BCUT2D eigenvalue weighted by atomic mass is 32.1. The molecule has 6 nitrogen and oxygen atoms in total. The van der Waals surface area contributed by atoms with Gasteiger partial charge < -0.3 is 11.1 Å². The molecule has 7 heteroatoms. The number of rotatable bonds is 3. The van der Waals surface area contributed by atoms with E-state index in [1.54, 1.807) is 19.2 Å². The van der Waals surface area contributed by atoms with E-state index in [4.69, 9.17) is 5.73 Å². The van der Waals surface area contributed by atoms with Gasteiger partial charge in [-0.2, -0.15) is 4.37 Å². The van der Waals surface area contributed by atoms with Crippen LogP contribution >= 0.6 is 11.5 Å². The van der Waals surface area contributed by atoms with Gasteiger partial charge in [-0.1, -0.05) is 0 Å². The van der Waals surface area contributed by atoms with Crippen LogP contribution in [0.15, 0.2) is 18.5 Å². The molecule has 0 fully saturated rings.